The van der Waals surface area contributed by atoms with Crippen molar-refractivity contribution < 1.29 is 0 Å². The van der Waals surface area contributed by atoms with Crippen LogP contribution < -0.4 is 26.2 Å². The van der Waals surface area contributed by atoms with Gasteiger partial charge in [0.05, 0.1) is 39.0 Å². The molecule has 0 radical (unpaired) electrons. The fourth-order valence-corrected chi connectivity index (χ4v) is 14.2. The molecule has 5 heterocycles. The predicted molar refractivity (Wildman–Crippen MR) is 358 cm³/mol. The van der Waals surface area contributed by atoms with Crippen LogP contribution >= 0.6 is 0 Å². The van der Waals surface area contributed by atoms with E-state index in [-0.39, 0.29) is 28.4 Å². The lowest BCUT2D eigenvalue weighted by Crippen LogP contribution is -2.61. The van der Waals surface area contributed by atoms with Crippen molar-refractivity contribution in [2.75, 3.05) is 9.80 Å². The van der Waals surface area contributed by atoms with Crippen molar-refractivity contribution in [2.45, 2.75) is 105 Å². The van der Waals surface area contributed by atoms with Crippen molar-refractivity contribution in [3.63, 3.8) is 0 Å². The van der Waals surface area contributed by atoms with Gasteiger partial charge in [0.1, 0.15) is 0 Å². The van der Waals surface area contributed by atoms with Crippen molar-refractivity contribution in [3.05, 3.63) is 222 Å². The van der Waals surface area contributed by atoms with Crippen LogP contribution in [-0.4, -0.2) is 20.4 Å². The van der Waals surface area contributed by atoms with Gasteiger partial charge in [0.15, 0.2) is 0 Å². The molecule has 2 aliphatic heterocycles. The molecule has 0 N–H and O–H groups in total. The average molecular weight is 1080 g/mol. The Morgan fingerprint density at radius 3 is 1.28 bits per heavy atom. The second-order valence-electron chi connectivity index (χ2n) is 28.0. The molecule has 0 fully saturated rings. The number of hydrogen-bond donors (Lipinski definition) is 0. The lowest BCUT2D eigenvalue weighted by atomic mass is 9.33. The van der Waals surface area contributed by atoms with Gasteiger partial charge in [0.25, 0.3) is 6.71 Å². The first-order valence-corrected chi connectivity index (χ1v) is 29.9. The van der Waals surface area contributed by atoms with E-state index in [0.717, 1.165) is 17.1 Å². The molecule has 83 heavy (non-hydrogen) atoms. The number of para-hydroxylation sites is 3. The highest BCUT2D eigenvalue weighted by Gasteiger charge is 2.46. The molecule has 0 aliphatic carbocycles. The first kappa shape index (κ1) is 51.2. The summed E-state index contributed by atoms with van der Waals surface area (Å²) < 4.78 is 7.59. The maximum absolute atomic E-state index is 2.63. The van der Waals surface area contributed by atoms with Crippen molar-refractivity contribution in [3.8, 4) is 11.4 Å². The predicted octanol–water partition coefficient (Wildman–Crippen LogP) is 18.8. The van der Waals surface area contributed by atoms with Gasteiger partial charge in [-0.15, -0.1) is 0 Å². The summed E-state index contributed by atoms with van der Waals surface area (Å²) in [4.78, 5) is 5.21. The maximum Gasteiger partial charge on any atom is 0.252 e. The van der Waals surface area contributed by atoms with Crippen LogP contribution in [0, 0.1) is 0 Å². The number of nitrogens with zero attached hydrogens (tertiary/aromatic N) is 5. The molecule has 6 heteroatoms. The first-order chi connectivity index (χ1) is 39.6. The minimum Gasteiger partial charge on any atom is -0.344 e. The Morgan fingerprint density at radius 2 is 0.747 bits per heavy atom. The lowest BCUT2D eigenvalue weighted by molar-refractivity contribution is 0.590. The fourth-order valence-electron chi connectivity index (χ4n) is 14.2. The van der Waals surface area contributed by atoms with E-state index in [1.807, 2.05) is 0 Å². The molecular weight excluding hydrogens is 1010 g/mol. The van der Waals surface area contributed by atoms with Gasteiger partial charge >= 0.3 is 0 Å². The van der Waals surface area contributed by atoms with Gasteiger partial charge in [0.2, 0.25) is 0 Å². The number of benzene rings is 10. The molecule has 0 amide bonds. The summed E-state index contributed by atoms with van der Waals surface area (Å²) in [6.07, 6.45) is 0. The fraction of sp³-hybridized carbons (Fsp3) is 0.221. The van der Waals surface area contributed by atoms with Gasteiger partial charge in [-0.25, -0.2) is 0 Å². The van der Waals surface area contributed by atoms with E-state index in [9.17, 15) is 0 Å². The molecule has 2 aliphatic rings. The highest BCUT2D eigenvalue weighted by Crippen LogP contribution is 2.51. The van der Waals surface area contributed by atoms with E-state index in [2.05, 4.69) is 314 Å². The van der Waals surface area contributed by atoms with Crippen molar-refractivity contribution in [1.29, 1.82) is 0 Å². The van der Waals surface area contributed by atoms with E-state index in [1.165, 1.54) is 132 Å². The van der Waals surface area contributed by atoms with Gasteiger partial charge in [-0.05, 0) is 157 Å². The van der Waals surface area contributed by atoms with E-state index in [0.29, 0.717) is 0 Å². The minimum atomic E-state index is -0.147. The van der Waals surface area contributed by atoms with Gasteiger partial charge in [-0.2, -0.15) is 0 Å². The van der Waals surface area contributed by atoms with Crippen LogP contribution in [0.25, 0.3) is 76.8 Å². The molecule has 0 unspecified atom stereocenters. The van der Waals surface area contributed by atoms with Crippen LogP contribution in [0.15, 0.2) is 200 Å². The SMILES string of the molecule is Cn1c2ccccc2c2c(-n3c4ccccc4c4ccccc43)c3c(cc21)B1c2ccc(-n4c5ccc(C(C)(C)C)cc5c5cc(C(C)(C)C)ccc54)cc2N(c2ccc(C(C)(C)C)cc2)c2cccc(c21)N3c1ccc(C(C)(C)C)cc1. The van der Waals surface area contributed by atoms with Crippen molar-refractivity contribution in [1.82, 2.24) is 13.7 Å². The van der Waals surface area contributed by atoms with Crippen LogP contribution in [0.4, 0.5) is 34.1 Å². The molecule has 408 valence electrons. The van der Waals surface area contributed by atoms with Gasteiger partial charge < -0.3 is 23.5 Å². The zero-order valence-corrected chi connectivity index (χ0v) is 50.4. The molecule has 0 saturated heterocycles. The number of anilines is 6. The van der Waals surface area contributed by atoms with Crippen molar-refractivity contribution >= 4 is 123 Å². The summed E-state index contributed by atoms with van der Waals surface area (Å²) in [6, 6.07) is 77.4. The van der Waals surface area contributed by atoms with E-state index >= 15 is 0 Å². The van der Waals surface area contributed by atoms with Crippen LogP contribution in [0.2, 0.25) is 0 Å². The minimum absolute atomic E-state index is 0.00728. The van der Waals surface area contributed by atoms with E-state index in [1.54, 1.807) is 0 Å². The third kappa shape index (κ3) is 7.60. The number of aryl methyl sites for hydroxylation is 1. The molecular formula is C77H72BN5. The van der Waals surface area contributed by atoms with Crippen molar-refractivity contribution in [2.24, 2.45) is 7.05 Å². The topological polar surface area (TPSA) is 21.3 Å². The summed E-state index contributed by atoms with van der Waals surface area (Å²) >= 11 is 0. The van der Waals surface area contributed by atoms with Crippen LogP contribution in [0.3, 0.4) is 0 Å². The summed E-state index contributed by atoms with van der Waals surface area (Å²) in [7, 11) is 2.27. The van der Waals surface area contributed by atoms with Gasteiger partial charge in [0, 0.05) is 79.0 Å². The second-order valence-corrected chi connectivity index (χ2v) is 28.0. The highest BCUT2D eigenvalue weighted by molar-refractivity contribution is 7.00. The number of hydrogen-bond acceptors (Lipinski definition) is 2. The summed E-state index contributed by atoms with van der Waals surface area (Å²) in [5.74, 6) is 0. The Morgan fingerprint density at radius 1 is 0.301 bits per heavy atom. The lowest BCUT2D eigenvalue weighted by Gasteiger charge is -2.45. The summed E-state index contributed by atoms with van der Waals surface area (Å²) in [5, 5.41) is 7.54. The Bertz CT molecular complexity index is 4720. The molecule has 13 aromatic rings. The molecule has 15 rings (SSSR count). The van der Waals surface area contributed by atoms with Gasteiger partial charge in [-0.3, -0.25) is 0 Å². The molecule has 0 saturated carbocycles. The third-order valence-electron chi connectivity index (χ3n) is 18.7. The molecule has 3 aromatic heterocycles. The van der Waals surface area contributed by atoms with E-state index < -0.39 is 0 Å². The zero-order chi connectivity index (χ0) is 57.4. The molecule has 5 nitrogen and oxygen atoms in total. The number of aromatic nitrogens is 3. The van der Waals surface area contributed by atoms with E-state index in [4.69, 9.17) is 0 Å². The normalized spacial score (nSPS) is 13.8. The standard InChI is InChI=1S/C77H72BN5/c1-74(2,3)47-29-35-51(36-30-47)80-66-27-20-28-67-71(66)78(59-40-39-53(45-68(59)80)81-64-41-33-49(76(7,8)9)43-57(64)58-44-50(77(10,11)12)34-42-65(58)81)60-46-69-70(56-23-16-17-24-61(56)79(69)13)73(72(60)82(67)52-37-31-48(32-38-52)75(4,5)6)83-62-25-18-14-21-54(62)55-22-15-19-26-63(55)83/h14-46H,1-13H3. The Kier molecular flexibility index (Phi) is 10.9. The monoisotopic (exact) mass is 1080 g/mol. The largest absolute Gasteiger partial charge is 0.344 e. The maximum atomic E-state index is 2.63. The zero-order valence-electron chi connectivity index (χ0n) is 50.4. The van der Waals surface area contributed by atoms with Crippen LogP contribution in [0.1, 0.15) is 105 Å². The Hall–Kier alpha value is -8.74. The van der Waals surface area contributed by atoms with Gasteiger partial charge in [-0.1, -0.05) is 186 Å². The second kappa shape index (κ2) is 17.6. The molecule has 0 spiro atoms. The Labute approximate surface area is 489 Å². The number of rotatable bonds is 4. The smallest absolute Gasteiger partial charge is 0.252 e. The average Bonchev–Trinajstić information content (AvgIpc) is 2.30. The quantitative estimate of drug-likeness (QED) is 0.164. The molecule has 0 bridgehead atoms. The van der Waals surface area contributed by atoms with Crippen LogP contribution in [-0.2, 0) is 28.7 Å². The summed E-state index contributed by atoms with van der Waals surface area (Å²) in [5.41, 5.74) is 25.6. The highest BCUT2D eigenvalue weighted by atomic mass is 15.2. The first-order valence-electron chi connectivity index (χ1n) is 29.9. The Balaban J connectivity index is 1.09. The number of fused-ring (bicyclic) bond motifs is 13. The molecule has 10 aromatic carbocycles. The molecule has 0 atom stereocenters. The van der Waals surface area contributed by atoms with Crippen LogP contribution in [0.5, 0.6) is 0 Å². The summed E-state index contributed by atoms with van der Waals surface area (Å²) in [6.45, 7) is 27.7. The third-order valence-corrected chi connectivity index (χ3v) is 18.7.